The SMILES string of the molecule is COC(=O)N1CCC(C(=O)NC(C2CCC2)C2CCCN2)(c2ccc(NC(=O)[C@@H](NC(=O)c3ccnn3C)C(C3CCC3)C3(C)CC3)cc2)C1. The summed E-state index contributed by atoms with van der Waals surface area (Å²) in [5.41, 5.74) is 0.852. The van der Waals surface area contributed by atoms with Crippen LogP contribution in [0.5, 0.6) is 0 Å². The van der Waals surface area contributed by atoms with Crippen LogP contribution in [0.15, 0.2) is 36.5 Å². The molecule has 50 heavy (non-hydrogen) atoms. The number of amides is 4. The van der Waals surface area contributed by atoms with E-state index in [2.05, 4.69) is 33.3 Å². The van der Waals surface area contributed by atoms with E-state index in [4.69, 9.17) is 4.74 Å². The molecule has 5 aliphatic rings. The summed E-state index contributed by atoms with van der Waals surface area (Å²) in [6.45, 7) is 3.83. The van der Waals surface area contributed by atoms with E-state index in [1.165, 1.54) is 18.2 Å². The lowest BCUT2D eigenvalue weighted by Crippen LogP contribution is -2.58. The number of hydrogen-bond acceptors (Lipinski definition) is 7. The zero-order valence-electron chi connectivity index (χ0n) is 29.7. The summed E-state index contributed by atoms with van der Waals surface area (Å²) in [5.74, 6) is 0.248. The Balaban J connectivity index is 1.13. The van der Waals surface area contributed by atoms with Crippen molar-refractivity contribution in [1.82, 2.24) is 30.6 Å². The first-order valence-electron chi connectivity index (χ1n) is 18.7. The predicted molar refractivity (Wildman–Crippen MR) is 188 cm³/mol. The molecular weight excluding hydrogens is 634 g/mol. The number of aromatic nitrogens is 2. The van der Waals surface area contributed by atoms with Gasteiger partial charge in [0.05, 0.1) is 12.5 Å². The number of likely N-dealkylation sites (tertiary alicyclic amines) is 1. The summed E-state index contributed by atoms with van der Waals surface area (Å²) >= 11 is 0. The molecule has 270 valence electrons. The number of rotatable bonds is 12. The van der Waals surface area contributed by atoms with Crippen LogP contribution in [-0.4, -0.2) is 83.4 Å². The number of nitrogens with zero attached hydrogens (tertiary/aromatic N) is 3. The molecule has 7 rings (SSSR count). The van der Waals surface area contributed by atoms with Crippen LogP contribution in [0.25, 0.3) is 0 Å². The van der Waals surface area contributed by atoms with Crippen LogP contribution in [0.1, 0.15) is 93.6 Å². The summed E-state index contributed by atoms with van der Waals surface area (Å²) in [6, 6.07) is 8.73. The molecule has 0 radical (unpaired) electrons. The molecule has 4 unspecified atom stereocenters. The van der Waals surface area contributed by atoms with E-state index in [-0.39, 0.29) is 47.7 Å². The molecule has 3 saturated carbocycles. The maximum absolute atomic E-state index is 14.5. The smallest absolute Gasteiger partial charge is 0.409 e. The largest absolute Gasteiger partial charge is 0.453 e. The minimum atomic E-state index is -0.952. The maximum atomic E-state index is 14.5. The summed E-state index contributed by atoms with van der Waals surface area (Å²) < 4.78 is 6.58. The fraction of sp³-hybridized carbons (Fsp3) is 0.658. The molecule has 3 heterocycles. The van der Waals surface area contributed by atoms with Gasteiger partial charge in [0.1, 0.15) is 11.7 Å². The molecule has 1 aromatic carbocycles. The van der Waals surface area contributed by atoms with Gasteiger partial charge >= 0.3 is 6.09 Å². The van der Waals surface area contributed by atoms with Crippen molar-refractivity contribution in [2.45, 2.75) is 101 Å². The van der Waals surface area contributed by atoms with Crippen molar-refractivity contribution < 1.29 is 23.9 Å². The molecule has 2 saturated heterocycles. The van der Waals surface area contributed by atoms with Crippen LogP contribution >= 0.6 is 0 Å². The molecule has 5 fully saturated rings. The van der Waals surface area contributed by atoms with Crippen molar-refractivity contribution in [3.63, 3.8) is 0 Å². The number of nitrogens with one attached hydrogen (secondary N) is 4. The van der Waals surface area contributed by atoms with Gasteiger partial charge in [-0.05, 0) is 98.4 Å². The van der Waals surface area contributed by atoms with Crippen molar-refractivity contribution in [2.75, 3.05) is 32.1 Å². The third-order valence-corrected chi connectivity index (χ3v) is 12.8. The van der Waals surface area contributed by atoms with E-state index in [9.17, 15) is 19.2 Å². The molecule has 12 heteroatoms. The number of ether oxygens (including phenoxy) is 1. The molecule has 4 amide bonds. The van der Waals surface area contributed by atoms with Crippen LogP contribution in [0.3, 0.4) is 0 Å². The van der Waals surface area contributed by atoms with E-state index in [1.54, 1.807) is 24.2 Å². The Morgan fingerprint density at radius 2 is 1.66 bits per heavy atom. The Kier molecular flexibility index (Phi) is 9.66. The second-order valence-corrected chi connectivity index (χ2v) is 15.8. The van der Waals surface area contributed by atoms with Crippen molar-refractivity contribution in [3.8, 4) is 0 Å². The highest BCUT2D eigenvalue weighted by Gasteiger charge is 2.54. The third-order valence-electron chi connectivity index (χ3n) is 12.8. The lowest BCUT2D eigenvalue weighted by Gasteiger charge is -2.42. The van der Waals surface area contributed by atoms with Gasteiger partial charge < -0.3 is 30.9 Å². The standard InChI is InChI=1S/C38H53N7O5/c1-37(17-18-37)30(24-7-4-8-24)32(42-33(46)29-16-21-40-44(29)2)34(47)41-27-14-12-26(13-15-27)38(19-22-45(23-38)36(49)50-3)35(48)43-31(25-9-5-10-25)28-11-6-20-39-28/h12-16,21,24-25,28,30-32,39H,4-11,17-20,22-23H2,1-3H3,(H,41,47)(H,42,46)(H,43,48)/t28?,30?,31?,32-,38?/m0/s1. The first-order chi connectivity index (χ1) is 24.1. The van der Waals surface area contributed by atoms with Gasteiger partial charge in [0.15, 0.2) is 0 Å². The van der Waals surface area contributed by atoms with E-state index in [1.807, 2.05) is 24.3 Å². The topological polar surface area (TPSA) is 147 Å². The molecule has 2 aliphatic heterocycles. The molecule has 1 aromatic heterocycles. The van der Waals surface area contributed by atoms with Crippen molar-refractivity contribution in [2.24, 2.45) is 30.2 Å². The number of methoxy groups -OCH3 is 1. The average Bonchev–Trinajstić information content (AvgIpc) is 3.50. The van der Waals surface area contributed by atoms with E-state index >= 15 is 0 Å². The van der Waals surface area contributed by atoms with E-state index in [0.29, 0.717) is 36.2 Å². The molecule has 12 nitrogen and oxygen atoms in total. The lowest BCUT2D eigenvalue weighted by atomic mass is 9.66. The number of aryl methyl sites for hydroxylation is 1. The van der Waals surface area contributed by atoms with Gasteiger partial charge in [-0.15, -0.1) is 0 Å². The van der Waals surface area contributed by atoms with Crippen molar-refractivity contribution in [3.05, 3.63) is 47.8 Å². The number of benzene rings is 1. The Morgan fingerprint density at radius 1 is 0.940 bits per heavy atom. The van der Waals surface area contributed by atoms with E-state index in [0.717, 1.165) is 69.9 Å². The average molecular weight is 688 g/mol. The normalized spacial score (nSPS) is 26.2. The number of carbonyl (C=O) groups excluding carboxylic acids is 4. The van der Waals surface area contributed by atoms with Gasteiger partial charge in [0.25, 0.3) is 5.91 Å². The highest BCUT2D eigenvalue weighted by Crippen LogP contribution is 2.58. The molecule has 2 aromatic rings. The second kappa shape index (κ2) is 14.0. The van der Waals surface area contributed by atoms with Gasteiger partial charge in [-0.25, -0.2) is 4.79 Å². The highest BCUT2D eigenvalue weighted by molar-refractivity contribution is 6.01. The lowest BCUT2D eigenvalue weighted by molar-refractivity contribution is -0.128. The number of carbonyl (C=O) groups is 4. The van der Waals surface area contributed by atoms with Gasteiger partial charge in [-0.2, -0.15) is 5.10 Å². The van der Waals surface area contributed by atoms with Crippen LogP contribution < -0.4 is 21.3 Å². The zero-order valence-corrected chi connectivity index (χ0v) is 29.7. The van der Waals surface area contributed by atoms with Gasteiger partial charge in [0, 0.05) is 44.1 Å². The molecular formula is C38H53N7O5. The monoisotopic (exact) mass is 687 g/mol. The van der Waals surface area contributed by atoms with Crippen LogP contribution in [0.2, 0.25) is 0 Å². The molecule has 4 N–H and O–H groups in total. The van der Waals surface area contributed by atoms with Crippen LogP contribution in [0.4, 0.5) is 10.5 Å². The van der Waals surface area contributed by atoms with Crippen molar-refractivity contribution in [1.29, 1.82) is 0 Å². The van der Waals surface area contributed by atoms with E-state index < -0.39 is 17.6 Å². The Labute approximate surface area is 294 Å². The predicted octanol–water partition coefficient (Wildman–Crippen LogP) is 4.12. The fourth-order valence-corrected chi connectivity index (χ4v) is 9.10. The summed E-state index contributed by atoms with van der Waals surface area (Å²) in [7, 11) is 3.09. The highest BCUT2D eigenvalue weighted by atomic mass is 16.5. The van der Waals surface area contributed by atoms with Gasteiger partial charge in [0.2, 0.25) is 11.8 Å². The summed E-state index contributed by atoms with van der Waals surface area (Å²) in [4.78, 5) is 56.4. The second-order valence-electron chi connectivity index (χ2n) is 15.8. The fourth-order valence-electron chi connectivity index (χ4n) is 9.10. The summed E-state index contributed by atoms with van der Waals surface area (Å²) in [5, 5.41) is 17.5. The minimum absolute atomic E-state index is 0.00970. The summed E-state index contributed by atoms with van der Waals surface area (Å²) in [6.07, 6.45) is 12.5. The van der Waals surface area contributed by atoms with Crippen LogP contribution in [0, 0.1) is 23.2 Å². The third kappa shape index (κ3) is 6.63. The van der Waals surface area contributed by atoms with Gasteiger partial charge in [-0.3, -0.25) is 19.1 Å². The Bertz CT molecular complexity index is 1570. The molecule has 0 spiro atoms. The van der Waals surface area contributed by atoms with Crippen LogP contribution in [-0.2, 0) is 26.8 Å². The minimum Gasteiger partial charge on any atom is -0.453 e. The molecule has 3 aliphatic carbocycles. The Hall–Kier alpha value is -3.93. The quantitative estimate of drug-likeness (QED) is 0.263. The zero-order chi connectivity index (χ0) is 35.0. The number of hydrogen-bond donors (Lipinski definition) is 4. The van der Waals surface area contributed by atoms with Gasteiger partial charge in [-0.1, -0.05) is 44.7 Å². The van der Waals surface area contributed by atoms with Crippen molar-refractivity contribution >= 4 is 29.5 Å². The molecule has 0 bridgehead atoms. The first-order valence-corrected chi connectivity index (χ1v) is 18.7. The maximum Gasteiger partial charge on any atom is 0.409 e. The first kappa shape index (κ1) is 34.5. The Morgan fingerprint density at radius 3 is 2.22 bits per heavy atom. The number of anilines is 1. The molecule has 5 atom stereocenters.